The lowest BCUT2D eigenvalue weighted by Crippen LogP contribution is -2.31. The third-order valence-corrected chi connectivity index (χ3v) is 6.24. The number of thiazole rings is 1. The second-order valence-corrected chi connectivity index (χ2v) is 8.10. The summed E-state index contributed by atoms with van der Waals surface area (Å²) in [6.07, 6.45) is 3.75. The Kier molecular flexibility index (Phi) is 6.13. The van der Waals surface area contributed by atoms with Gasteiger partial charge in [0.25, 0.3) is 0 Å². The van der Waals surface area contributed by atoms with E-state index in [1.165, 1.54) is 11.3 Å². The largest absolute Gasteiger partial charge is 0.497 e. The number of benzene rings is 2. The Bertz CT molecular complexity index is 1190. The fourth-order valence-corrected chi connectivity index (χ4v) is 4.40. The van der Waals surface area contributed by atoms with Crippen LogP contribution in [0.1, 0.15) is 16.7 Å². The van der Waals surface area contributed by atoms with Crippen LogP contribution in [0, 0.1) is 6.92 Å². The number of carbonyl (C=O) groups excluding carboxylic acids is 1. The van der Waals surface area contributed by atoms with Crippen molar-refractivity contribution in [3.63, 3.8) is 0 Å². The molecule has 0 unspecified atom stereocenters. The number of hydrogen-bond donors (Lipinski definition) is 0. The van der Waals surface area contributed by atoms with Gasteiger partial charge in [-0.25, -0.2) is 4.98 Å². The molecule has 0 bridgehead atoms. The van der Waals surface area contributed by atoms with Crippen LogP contribution in [0.4, 0.5) is 5.13 Å². The first-order valence-electron chi connectivity index (χ1n) is 9.85. The van der Waals surface area contributed by atoms with Crippen LogP contribution in [0.25, 0.3) is 10.2 Å². The maximum atomic E-state index is 13.4. The van der Waals surface area contributed by atoms with Crippen LogP contribution >= 0.6 is 11.3 Å². The molecule has 0 aliphatic rings. The van der Waals surface area contributed by atoms with Gasteiger partial charge in [-0.2, -0.15) is 0 Å². The minimum absolute atomic E-state index is 0.0373. The molecule has 2 heterocycles. The number of pyridine rings is 1. The second-order valence-electron chi connectivity index (χ2n) is 7.12. The van der Waals surface area contributed by atoms with E-state index in [9.17, 15) is 4.79 Å². The van der Waals surface area contributed by atoms with Crippen molar-refractivity contribution in [1.82, 2.24) is 9.97 Å². The molecule has 0 aliphatic carbocycles. The summed E-state index contributed by atoms with van der Waals surface area (Å²) in [4.78, 5) is 24.1. The predicted octanol–water partition coefficient (Wildman–Crippen LogP) is 4.79. The molecule has 4 aromatic rings. The molecule has 2 aromatic carbocycles. The van der Waals surface area contributed by atoms with Gasteiger partial charge in [-0.05, 0) is 47.9 Å². The van der Waals surface area contributed by atoms with Crippen molar-refractivity contribution in [3.8, 4) is 11.5 Å². The summed E-state index contributed by atoms with van der Waals surface area (Å²) in [5.74, 6) is 1.42. The molecule has 0 saturated heterocycles. The van der Waals surface area contributed by atoms with E-state index in [0.29, 0.717) is 17.4 Å². The Morgan fingerprint density at radius 1 is 1.03 bits per heavy atom. The lowest BCUT2D eigenvalue weighted by molar-refractivity contribution is -0.118. The average molecular weight is 434 g/mol. The predicted molar refractivity (Wildman–Crippen MR) is 123 cm³/mol. The lowest BCUT2D eigenvalue weighted by atomic mass is 10.1. The number of carbonyl (C=O) groups is 1. The molecule has 0 aliphatic heterocycles. The van der Waals surface area contributed by atoms with Crippen molar-refractivity contribution in [1.29, 1.82) is 0 Å². The van der Waals surface area contributed by atoms with Crippen LogP contribution in [0.2, 0.25) is 0 Å². The Labute approximate surface area is 185 Å². The number of fused-ring (bicyclic) bond motifs is 1. The zero-order chi connectivity index (χ0) is 21.8. The first-order chi connectivity index (χ1) is 15.1. The summed E-state index contributed by atoms with van der Waals surface area (Å²) in [6.45, 7) is 2.43. The van der Waals surface area contributed by atoms with E-state index in [1.807, 2.05) is 55.5 Å². The number of aromatic nitrogens is 2. The van der Waals surface area contributed by atoms with Gasteiger partial charge in [-0.15, -0.1) is 0 Å². The number of hydrogen-bond acceptors (Lipinski definition) is 6. The summed E-state index contributed by atoms with van der Waals surface area (Å²) in [5, 5.41) is 0.643. The molecule has 2 aromatic heterocycles. The van der Waals surface area contributed by atoms with E-state index in [1.54, 1.807) is 31.5 Å². The van der Waals surface area contributed by atoms with Crippen molar-refractivity contribution in [2.75, 3.05) is 19.1 Å². The second kappa shape index (κ2) is 9.14. The van der Waals surface area contributed by atoms with Gasteiger partial charge in [0, 0.05) is 12.4 Å². The molecule has 6 nitrogen and oxygen atoms in total. The Balaban J connectivity index is 1.71. The standard InChI is InChI=1S/C24H23N3O3S/c1-16-6-11-20(30-3)22-23(16)31-24(26-22)27(15-18-5-4-12-25-14-18)21(28)13-17-7-9-19(29-2)10-8-17/h4-12,14H,13,15H2,1-3H3. The van der Waals surface area contributed by atoms with Gasteiger partial charge in [0.2, 0.25) is 5.91 Å². The smallest absolute Gasteiger partial charge is 0.233 e. The summed E-state index contributed by atoms with van der Waals surface area (Å²) < 4.78 is 11.7. The number of ether oxygens (including phenoxy) is 2. The molecule has 1 amide bonds. The number of amides is 1. The zero-order valence-corrected chi connectivity index (χ0v) is 18.5. The highest BCUT2D eigenvalue weighted by molar-refractivity contribution is 7.22. The van der Waals surface area contributed by atoms with Crippen LogP contribution < -0.4 is 14.4 Å². The number of aryl methyl sites for hydroxylation is 1. The van der Waals surface area contributed by atoms with E-state index < -0.39 is 0 Å². The van der Waals surface area contributed by atoms with Crippen LogP contribution in [0.15, 0.2) is 60.9 Å². The van der Waals surface area contributed by atoms with Gasteiger partial charge in [0.1, 0.15) is 17.0 Å². The average Bonchev–Trinajstić information content (AvgIpc) is 3.25. The number of anilines is 1. The van der Waals surface area contributed by atoms with E-state index in [0.717, 1.165) is 32.7 Å². The molecule has 0 fully saturated rings. The van der Waals surface area contributed by atoms with Gasteiger partial charge < -0.3 is 9.47 Å². The first-order valence-corrected chi connectivity index (χ1v) is 10.7. The molecule has 0 N–H and O–H groups in total. The fourth-order valence-electron chi connectivity index (χ4n) is 3.33. The minimum Gasteiger partial charge on any atom is -0.497 e. The van der Waals surface area contributed by atoms with Crippen molar-refractivity contribution in [2.24, 2.45) is 0 Å². The Morgan fingerprint density at radius 3 is 2.52 bits per heavy atom. The Morgan fingerprint density at radius 2 is 1.84 bits per heavy atom. The zero-order valence-electron chi connectivity index (χ0n) is 17.7. The highest BCUT2D eigenvalue weighted by Crippen LogP contribution is 2.37. The van der Waals surface area contributed by atoms with Gasteiger partial charge in [0.05, 0.1) is 31.9 Å². The van der Waals surface area contributed by atoms with Crippen molar-refractivity contribution >= 4 is 32.6 Å². The van der Waals surface area contributed by atoms with Gasteiger partial charge in [-0.3, -0.25) is 14.7 Å². The van der Waals surface area contributed by atoms with Crippen molar-refractivity contribution in [3.05, 3.63) is 77.6 Å². The molecule has 31 heavy (non-hydrogen) atoms. The first kappa shape index (κ1) is 20.8. The molecule has 0 atom stereocenters. The van der Waals surface area contributed by atoms with E-state index in [2.05, 4.69) is 4.98 Å². The maximum absolute atomic E-state index is 13.4. The van der Waals surface area contributed by atoms with Crippen LogP contribution in [0.3, 0.4) is 0 Å². The molecular weight excluding hydrogens is 410 g/mol. The monoisotopic (exact) mass is 433 g/mol. The van der Waals surface area contributed by atoms with Crippen molar-refractivity contribution < 1.29 is 14.3 Å². The highest BCUT2D eigenvalue weighted by atomic mass is 32.1. The van der Waals surface area contributed by atoms with Gasteiger partial charge in [0.15, 0.2) is 5.13 Å². The van der Waals surface area contributed by atoms with Gasteiger partial charge >= 0.3 is 0 Å². The van der Waals surface area contributed by atoms with E-state index >= 15 is 0 Å². The molecule has 0 radical (unpaired) electrons. The van der Waals surface area contributed by atoms with Crippen LogP contribution in [-0.2, 0) is 17.8 Å². The molecule has 0 saturated carbocycles. The third kappa shape index (κ3) is 4.51. The van der Waals surface area contributed by atoms with Crippen LogP contribution in [-0.4, -0.2) is 30.1 Å². The summed E-state index contributed by atoms with van der Waals surface area (Å²) >= 11 is 1.50. The van der Waals surface area contributed by atoms with E-state index in [4.69, 9.17) is 14.5 Å². The molecule has 158 valence electrons. The quantitative estimate of drug-likeness (QED) is 0.419. The van der Waals surface area contributed by atoms with Crippen molar-refractivity contribution in [2.45, 2.75) is 19.9 Å². The third-order valence-electron chi connectivity index (χ3n) is 5.02. The minimum atomic E-state index is -0.0373. The molecule has 4 rings (SSSR count). The molecule has 0 spiro atoms. The topological polar surface area (TPSA) is 64.5 Å². The summed E-state index contributed by atoms with van der Waals surface area (Å²) in [5.41, 5.74) is 3.73. The number of rotatable bonds is 7. The van der Waals surface area contributed by atoms with Gasteiger partial charge in [-0.1, -0.05) is 35.6 Å². The molecule has 7 heteroatoms. The molecular formula is C24H23N3O3S. The Hall–Kier alpha value is -3.45. The lowest BCUT2D eigenvalue weighted by Gasteiger charge is -2.20. The highest BCUT2D eigenvalue weighted by Gasteiger charge is 2.22. The summed E-state index contributed by atoms with van der Waals surface area (Å²) in [7, 11) is 3.25. The SMILES string of the molecule is COc1ccc(CC(=O)N(Cc2cccnc2)c2nc3c(OC)ccc(C)c3s2)cc1. The maximum Gasteiger partial charge on any atom is 0.233 e. The fraction of sp³-hybridized carbons (Fsp3) is 0.208. The normalized spacial score (nSPS) is 10.8. The van der Waals surface area contributed by atoms with Crippen LogP contribution in [0.5, 0.6) is 11.5 Å². The number of methoxy groups -OCH3 is 2. The summed E-state index contributed by atoms with van der Waals surface area (Å²) in [6, 6.07) is 15.3. The number of nitrogens with zero attached hydrogens (tertiary/aromatic N) is 3. The van der Waals surface area contributed by atoms with E-state index in [-0.39, 0.29) is 12.3 Å².